The van der Waals surface area contributed by atoms with Gasteiger partial charge in [-0.1, -0.05) is 38.6 Å². The smallest absolute Gasteiger partial charge is 0.140 e. The van der Waals surface area contributed by atoms with E-state index in [1.165, 1.54) is 10.5 Å². The molecule has 0 aromatic heterocycles. The van der Waals surface area contributed by atoms with Gasteiger partial charge in [0.1, 0.15) is 5.75 Å². The molecule has 14 heavy (non-hydrogen) atoms. The van der Waals surface area contributed by atoms with E-state index in [1.54, 1.807) is 18.0 Å². The summed E-state index contributed by atoms with van der Waals surface area (Å²) in [5, 5.41) is 1.97. The average molecular weight is 206 g/mol. The number of hydrogen-bond donors (Lipinski definition) is 0. The van der Waals surface area contributed by atoms with Gasteiger partial charge < -0.3 is 4.74 Å². The van der Waals surface area contributed by atoms with E-state index in [4.69, 9.17) is 4.74 Å². The van der Waals surface area contributed by atoms with Crippen molar-refractivity contribution in [1.82, 2.24) is 0 Å². The van der Waals surface area contributed by atoms with Crippen molar-refractivity contribution in [3.8, 4) is 5.75 Å². The van der Waals surface area contributed by atoms with Crippen molar-refractivity contribution in [2.24, 2.45) is 0 Å². The average Bonchev–Trinajstić information content (AvgIpc) is 2.16. The number of fused-ring (bicyclic) bond motifs is 1. The second-order valence-corrected chi connectivity index (χ2v) is 5.37. The number of rotatable bonds is 0. The van der Waals surface area contributed by atoms with E-state index in [-0.39, 0.29) is 5.41 Å². The van der Waals surface area contributed by atoms with Crippen molar-refractivity contribution in [2.75, 3.05) is 0 Å². The van der Waals surface area contributed by atoms with E-state index in [0.717, 1.165) is 5.75 Å². The van der Waals surface area contributed by atoms with Crippen LogP contribution in [-0.4, -0.2) is 0 Å². The van der Waals surface area contributed by atoms with Crippen LogP contribution in [-0.2, 0) is 5.41 Å². The van der Waals surface area contributed by atoms with Crippen LogP contribution in [0.15, 0.2) is 34.8 Å². The molecule has 1 aliphatic heterocycles. The van der Waals surface area contributed by atoms with Gasteiger partial charge in [-0.15, -0.1) is 0 Å². The largest absolute Gasteiger partial charge is 0.463 e. The Morgan fingerprint density at radius 2 is 2.00 bits per heavy atom. The molecular formula is C12H14OS. The summed E-state index contributed by atoms with van der Waals surface area (Å²) in [5.41, 5.74) is 1.55. The highest BCUT2D eigenvalue weighted by Gasteiger charge is 2.16. The van der Waals surface area contributed by atoms with Gasteiger partial charge in [-0.05, 0) is 23.1 Å². The van der Waals surface area contributed by atoms with E-state index >= 15 is 0 Å². The molecule has 0 radical (unpaired) electrons. The van der Waals surface area contributed by atoms with Crippen molar-refractivity contribution in [2.45, 2.75) is 31.1 Å². The highest BCUT2D eigenvalue weighted by atomic mass is 32.2. The Morgan fingerprint density at radius 3 is 2.71 bits per heavy atom. The molecule has 0 N–H and O–H groups in total. The van der Waals surface area contributed by atoms with Gasteiger partial charge >= 0.3 is 0 Å². The van der Waals surface area contributed by atoms with Crippen LogP contribution in [0, 0.1) is 0 Å². The summed E-state index contributed by atoms with van der Waals surface area (Å²) in [6.07, 6.45) is 1.73. The first-order chi connectivity index (χ1) is 6.57. The van der Waals surface area contributed by atoms with Crippen molar-refractivity contribution in [3.63, 3.8) is 0 Å². The van der Waals surface area contributed by atoms with Crippen LogP contribution >= 0.6 is 11.8 Å². The summed E-state index contributed by atoms with van der Waals surface area (Å²) in [4.78, 5) is 1.21. The lowest BCUT2D eigenvalue weighted by Gasteiger charge is -2.21. The Hall–Kier alpha value is -0.890. The molecule has 0 saturated carbocycles. The molecule has 0 spiro atoms. The molecule has 1 aromatic carbocycles. The molecule has 0 unspecified atom stereocenters. The predicted molar refractivity (Wildman–Crippen MR) is 60.8 cm³/mol. The van der Waals surface area contributed by atoms with Crippen LogP contribution in [0.2, 0.25) is 0 Å². The first-order valence-corrected chi connectivity index (χ1v) is 5.58. The summed E-state index contributed by atoms with van der Waals surface area (Å²) in [5.74, 6) is 0.963. The van der Waals surface area contributed by atoms with E-state index in [0.29, 0.717) is 0 Å². The maximum absolute atomic E-state index is 5.39. The number of benzene rings is 1. The van der Waals surface area contributed by atoms with Gasteiger partial charge in [-0.3, -0.25) is 0 Å². The third kappa shape index (κ3) is 1.80. The number of hydrogen-bond acceptors (Lipinski definition) is 2. The monoisotopic (exact) mass is 206 g/mol. The molecule has 1 heterocycles. The van der Waals surface area contributed by atoms with Crippen LogP contribution in [0.3, 0.4) is 0 Å². The van der Waals surface area contributed by atoms with Gasteiger partial charge in [-0.2, -0.15) is 0 Å². The molecule has 74 valence electrons. The molecule has 0 bridgehead atoms. The lowest BCUT2D eigenvalue weighted by molar-refractivity contribution is 0.466. The van der Waals surface area contributed by atoms with E-state index in [9.17, 15) is 0 Å². The second kappa shape index (κ2) is 3.35. The van der Waals surface area contributed by atoms with Gasteiger partial charge in [0.05, 0.1) is 11.2 Å². The topological polar surface area (TPSA) is 9.23 Å². The molecule has 0 aliphatic carbocycles. The maximum Gasteiger partial charge on any atom is 0.140 e. The molecule has 1 nitrogen and oxygen atoms in total. The Balaban J connectivity index is 2.41. The minimum atomic E-state index is 0.205. The number of ether oxygens (including phenoxy) is 1. The number of thioether (sulfide) groups is 1. The Kier molecular flexibility index (Phi) is 2.31. The molecule has 2 rings (SSSR count). The van der Waals surface area contributed by atoms with Crippen molar-refractivity contribution in [1.29, 1.82) is 0 Å². The second-order valence-electron chi connectivity index (χ2n) is 4.42. The van der Waals surface area contributed by atoms with Crippen LogP contribution in [0.1, 0.15) is 26.3 Å². The van der Waals surface area contributed by atoms with Crippen LogP contribution < -0.4 is 4.74 Å². The molecule has 0 atom stereocenters. The lowest BCUT2D eigenvalue weighted by atomic mass is 9.87. The maximum atomic E-state index is 5.39. The third-order valence-electron chi connectivity index (χ3n) is 2.26. The normalized spacial score (nSPS) is 14.8. The Labute approximate surface area is 89.2 Å². The van der Waals surface area contributed by atoms with Gasteiger partial charge in [-0.25, -0.2) is 0 Å². The lowest BCUT2D eigenvalue weighted by Crippen LogP contribution is -2.11. The highest BCUT2D eigenvalue weighted by Crippen LogP contribution is 2.37. The van der Waals surface area contributed by atoms with Gasteiger partial charge in [0.15, 0.2) is 0 Å². The van der Waals surface area contributed by atoms with Crippen LogP contribution in [0.5, 0.6) is 5.75 Å². The first kappa shape index (κ1) is 9.66. The Bertz CT molecular complexity index is 374. The zero-order chi connectivity index (χ0) is 10.2. The summed E-state index contributed by atoms with van der Waals surface area (Å²) in [6.45, 7) is 6.66. The van der Waals surface area contributed by atoms with Crippen molar-refractivity contribution >= 4 is 11.8 Å². The molecule has 2 heteroatoms. The molecule has 0 saturated heterocycles. The Morgan fingerprint density at radius 1 is 1.21 bits per heavy atom. The molecule has 1 aliphatic rings. The molecule has 1 aromatic rings. The summed E-state index contributed by atoms with van der Waals surface area (Å²) < 4.78 is 5.39. The van der Waals surface area contributed by atoms with E-state index in [2.05, 4.69) is 32.9 Å². The summed E-state index contributed by atoms with van der Waals surface area (Å²) in [6, 6.07) is 6.40. The minimum Gasteiger partial charge on any atom is -0.463 e. The van der Waals surface area contributed by atoms with Gasteiger partial charge in [0.2, 0.25) is 0 Å². The van der Waals surface area contributed by atoms with Crippen molar-refractivity contribution in [3.05, 3.63) is 35.4 Å². The fourth-order valence-electron chi connectivity index (χ4n) is 1.37. The quantitative estimate of drug-likeness (QED) is 0.636. The minimum absolute atomic E-state index is 0.205. The summed E-state index contributed by atoms with van der Waals surface area (Å²) >= 11 is 1.71. The standard InChI is InChI=1S/C12H14OS/c1-12(2,3)9-4-5-10-11(8-9)14-7-6-13-10/h4-8H,1-3H3. The molecule has 0 amide bonds. The van der Waals surface area contributed by atoms with E-state index < -0.39 is 0 Å². The van der Waals surface area contributed by atoms with Gasteiger partial charge in [0, 0.05) is 5.41 Å². The molecule has 0 fully saturated rings. The zero-order valence-electron chi connectivity index (χ0n) is 8.70. The van der Waals surface area contributed by atoms with Crippen molar-refractivity contribution < 1.29 is 4.74 Å². The predicted octanol–water partition coefficient (Wildman–Crippen LogP) is 3.94. The SMILES string of the molecule is CC(C)(C)c1ccc2c(c1)SC=CO2. The zero-order valence-corrected chi connectivity index (χ0v) is 9.52. The van der Waals surface area contributed by atoms with Crippen LogP contribution in [0.4, 0.5) is 0 Å². The summed E-state index contributed by atoms with van der Waals surface area (Å²) in [7, 11) is 0. The third-order valence-corrected chi connectivity index (χ3v) is 3.08. The highest BCUT2D eigenvalue weighted by molar-refractivity contribution is 8.02. The fourth-order valence-corrected chi connectivity index (χ4v) is 2.05. The van der Waals surface area contributed by atoms with E-state index in [1.807, 2.05) is 11.5 Å². The van der Waals surface area contributed by atoms with Gasteiger partial charge in [0.25, 0.3) is 0 Å². The van der Waals surface area contributed by atoms with Crippen LogP contribution in [0.25, 0.3) is 0 Å². The fraction of sp³-hybridized carbons (Fsp3) is 0.333. The first-order valence-electron chi connectivity index (χ1n) is 4.70. The molecular weight excluding hydrogens is 192 g/mol.